The maximum Gasteiger partial charge on any atom is 0.416 e. The van der Waals surface area contributed by atoms with Crippen LogP contribution in [-0.4, -0.2) is 49.5 Å². The molecule has 1 unspecified atom stereocenters. The molecule has 2 aromatic carbocycles. The van der Waals surface area contributed by atoms with Crippen molar-refractivity contribution in [1.29, 1.82) is 0 Å². The first kappa shape index (κ1) is 25.6. The standard InChI is InChI=1S/C25H26F4N4O3/c1-3-17(14-33-9-11-35-12-10-33)30-15(2)31-23(34)18-5-4-6-21-22(18)32-24(36-21)19-13-16(26)7-8-20(19)25(27,28)29/h3-8,13,24,32H,9-12,14H2,1-2H3,(H,30,31,34)/b17-3-. The Hall–Kier alpha value is -3.44. The van der Waals surface area contributed by atoms with E-state index in [1.165, 1.54) is 12.1 Å². The number of fused-ring (bicyclic) bond motifs is 1. The molecule has 1 fully saturated rings. The number of amidine groups is 1. The quantitative estimate of drug-likeness (QED) is 0.349. The largest absolute Gasteiger partial charge is 0.464 e. The van der Waals surface area contributed by atoms with Gasteiger partial charge in [-0.15, -0.1) is 0 Å². The molecule has 1 saturated heterocycles. The van der Waals surface area contributed by atoms with Crippen LogP contribution in [0.25, 0.3) is 0 Å². The van der Waals surface area contributed by atoms with Crippen LogP contribution in [0.4, 0.5) is 23.2 Å². The van der Waals surface area contributed by atoms with Gasteiger partial charge < -0.3 is 20.1 Å². The summed E-state index contributed by atoms with van der Waals surface area (Å²) in [6.45, 7) is 7.03. The van der Waals surface area contributed by atoms with Gasteiger partial charge >= 0.3 is 6.18 Å². The number of benzene rings is 2. The first-order valence-corrected chi connectivity index (χ1v) is 11.4. The normalized spacial score (nSPS) is 18.9. The SMILES string of the molecule is C/C=C(/CN1CCOCC1)N=C(C)NC(=O)c1cccc2c1NC(c1cc(F)ccc1C(F)(F)F)O2. The Bertz CT molecular complexity index is 1190. The summed E-state index contributed by atoms with van der Waals surface area (Å²) in [5.41, 5.74) is -0.291. The zero-order valence-electron chi connectivity index (χ0n) is 19.8. The number of carbonyl (C=O) groups is 1. The van der Waals surface area contributed by atoms with Gasteiger partial charge in [0.05, 0.1) is 35.7 Å². The van der Waals surface area contributed by atoms with Gasteiger partial charge in [-0.05, 0) is 44.2 Å². The van der Waals surface area contributed by atoms with Gasteiger partial charge in [-0.2, -0.15) is 13.2 Å². The molecule has 36 heavy (non-hydrogen) atoms. The minimum Gasteiger partial charge on any atom is -0.464 e. The molecule has 4 rings (SSSR count). The highest BCUT2D eigenvalue weighted by Gasteiger charge is 2.38. The van der Waals surface area contributed by atoms with Crippen LogP contribution in [0.15, 0.2) is 53.2 Å². The lowest BCUT2D eigenvalue weighted by atomic mass is 10.1. The fourth-order valence-electron chi connectivity index (χ4n) is 4.06. The number of para-hydroxylation sites is 1. The maximum atomic E-state index is 13.8. The van der Waals surface area contributed by atoms with Gasteiger partial charge in [0.1, 0.15) is 17.4 Å². The first-order valence-electron chi connectivity index (χ1n) is 11.4. The number of hydrogen-bond donors (Lipinski definition) is 2. The van der Waals surface area contributed by atoms with Crippen molar-refractivity contribution in [1.82, 2.24) is 10.2 Å². The van der Waals surface area contributed by atoms with Gasteiger partial charge in [0, 0.05) is 25.2 Å². The van der Waals surface area contributed by atoms with E-state index in [9.17, 15) is 22.4 Å². The monoisotopic (exact) mass is 506 g/mol. The van der Waals surface area contributed by atoms with Gasteiger partial charge in [0.15, 0.2) is 6.23 Å². The van der Waals surface area contributed by atoms with Crippen LogP contribution >= 0.6 is 0 Å². The van der Waals surface area contributed by atoms with E-state index < -0.39 is 35.3 Å². The van der Waals surface area contributed by atoms with Gasteiger partial charge in [-0.25, -0.2) is 9.38 Å². The Labute approximate surface area is 205 Å². The molecule has 11 heteroatoms. The highest BCUT2D eigenvalue weighted by atomic mass is 19.4. The predicted octanol–water partition coefficient (Wildman–Crippen LogP) is 4.73. The van der Waals surface area contributed by atoms with Gasteiger partial charge in [-0.1, -0.05) is 12.1 Å². The summed E-state index contributed by atoms with van der Waals surface area (Å²) in [6, 6.07) is 6.77. The van der Waals surface area contributed by atoms with Crippen LogP contribution in [0, 0.1) is 5.82 Å². The lowest BCUT2D eigenvalue weighted by Gasteiger charge is -2.26. The third-order valence-corrected chi connectivity index (χ3v) is 5.82. The number of anilines is 1. The van der Waals surface area contributed by atoms with Crippen molar-refractivity contribution in [3.63, 3.8) is 0 Å². The average molecular weight is 507 g/mol. The highest BCUT2D eigenvalue weighted by molar-refractivity contribution is 6.09. The molecule has 2 aliphatic heterocycles. The molecular weight excluding hydrogens is 480 g/mol. The first-order chi connectivity index (χ1) is 17.2. The van der Waals surface area contributed by atoms with Crippen LogP contribution in [0.3, 0.4) is 0 Å². The molecule has 0 aliphatic carbocycles. The molecular formula is C25H26F4N4O3. The molecule has 2 aromatic rings. The van der Waals surface area contributed by atoms with Crippen LogP contribution in [-0.2, 0) is 10.9 Å². The van der Waals surface area contributed by atoms with E-state index in [2.05, 4.69) is 20.5 Å². The summed E-state index contributed by atoms with van der Waals surface area (Å²) in [6.07, 6.45) is -4.16. The Morgan fingerprint density at radius 1 is 1.25 bits per heavy atom. The lowest BCUT2D eigenvalue weighted by Crippen LogP contribution is -2.37. The summed E-state index contributed by atoms with van der Waals surface area (Å²) in [5, 5.41) is 5.52. The van der Waals surface area contributed by atoms with Crippen LogP contribution in [0.1, 0.15) is 41.6 Å². The second-order valence-corrected chi connectivity index (χ2v) is 8.37. The highest BCUT2D eigenvalue weighted by Crippen LogP contribution is 2.43. The molecule has 7 nitrogen and oxygen atoms in total. The molecule has 1 amide bonds. The summed E-state index contributed by atoms with van der Waals surface area (Å²) < 4.78 is 65.3. The number of halogens is 4. The number of morpholine rings is 1. The molecule has 2 aliphatic rings. The molecule has 0 radical (unpaired) electrons. The number of hydrogen-bond acceptors (Lipinski definition) is 6. The smallest absolute Gasteiger partial charge is 0.416 e. The van der Waals surface area contributed by atoms with Crippen LogP contribution < -0.4 is 15.4 Å². The van der Waals surface area contributed by atoms with Crippen molar-refractivity contribution in [2.24, 2.45) is 4.99 Å². The Morgan fingerprint density at radius 2 is 2.00 bits per heavy atom. The Balaban J connectivity index is 1.50. The lowest BCUT2D eigenvalue weighted by molar-refractivity contribution is -0.138. The molecule has 2 N–H and O–H groups in total. The second kappa shape index (κ2) is 10.7. The van der Waals surface area contributed by atoms with Gasteiger partial charge in [0.2, 0.25) is 0 Å². The van der Waals surface area contributed by atoms with E-state index in [-0.39, 0.29) is 17.0 Å². The molecule has 0 saturated carbocycles. The minimum absolute atomic E-state index is 0.157. The summed E-state index contributed by atoms with van der Waals surface area (Å²) in [5.74, 6) is -0.803. The van der Waals surface area contributed by atoms with Crippen molar-refractivity contribution >= 4 is 17.4 Å². The number of ether oxygens (including phenoxy) is 2. The number of allylic oxidation sites excluding steroid dienone is 1. The topological polar surface area (TPSA) is 75.2 Å². The van der Waals surface area contributed by atoms with E-state index in [0.29, 0.717) is 31.7 Å². The fourth-order valence-corrected chi connectivity index (χ4v) is 4.06. The van der Waals surface area contributed by atoms with Crippen molar-refractivity contribution < 1.29 is 31.8 Å². The zero-order valence-corrected chi connectivity index (χ0v) is 19.8. The number of nitrogens with one attached hydrogen (secondary N) is 2. The predicted molar refractivity (Wildman–Crippen MR) is 126 cm³/mol. The second-order valence-electron chi connectivity index (χ2n) is 8.37. The Morgan fingerprint density at radius 3 is 2.69 bits per heavy atom. The summed E-state index contributed by atoms with van der Waals surface area (Å²) in [4.78, 5) is 19.7. The number of nitrogens with zero attached hydrogens (tertiary/aromatic N) is 2. The van der Waals surface area contributed by atoms with Crippen LogP contribution in [0.2, 0.25) is 0 Å². The number of rotatable bonds is 5. The third kappa shape index (κ3) is 5.85. The molecule has 192 valence electrons. The number of alkyl halides is 3. The molecule has 2 heterocycles. The van der Waals surface area contributed by atoms with Gasteiger partial charge in [-0.3, -0.25) is 9.69 Å². The number of amides is 1. The molecule has 1 atom stereocenters. The van der Waals surface area contributed by atoms with E-state index in [0.717, 1.165) is 30.9 Å². The molecule has 0 bridgehead atoms. The minimum atomic E-state index is -4.71. The van der Waals surface area contributed by atoms with E-state index >= 15 is 0 Å². The van der Waals surface area contributed by atoms with E-state index in [1.54, 1.807) is 13.0 Å². The van der Waals surface area contributed by atoms with Crippen molar-refractivity contribution in [2.75, 3.05) is 38.2 Å². The third-order valence-electron chi connectivity index (χ3n) is 5.82. The van der Waals surface area contributed by atoms with Gasteiger partial charge in [0.25, 0.3) is 5.91 Å². The molecule has 0 spiro atoms. The maximum absolute atomic E-state index is 13.8. The summed E-state index contributed by atoms with van der Waals surface area (Å²) in [7, 11) is 0. The molecule has 0 aromatic heterocycles. The van der Waals surface area contributed by atoms with E-state index in [4.69, 9.17) is 9.47 Å². The van der Waals surface area contributed by atoms with Crippen molar-refractivity contribution in [2.45, 2.75) is 26.3 Å². The Kier molecular flexibility index (Phi) is 7.60. The fraction of sp³-hybridized carbons (Fsp3) is 0.360. The average Bonchev–Trinajstić information content (AvgIpc) is 3.28. The van der Waals surface area contributed by atoms with E-state index in [1.807, 2.05) is 13.0 Å². The zero-order chi connectivity index (χ0) is 25.9. The van der Waals surface area contributed by atoms with Crippen LogP contribution in [0.5, 0.6) is 5.75 Å². The van der Waals surface area contributed by atoms with Crippen molar-refractivity contribution in [3.05, 3.63) is 70.7 Å². The number of aliphatic imine (C=N–C) groups is 1. The number of carbonyl (C=O) groups excluding carboxylic acids is 1. The summed E-state index contributed by atoms with van der Waals surface area (Å²) >= 11 is 0. The van der Waals surface area contributed by atoms with Crippen molar-refractivity contribution in [3.8, 4) is 5.75 Å².